The van der Waals surface area contributed by atoms with Crippen LogP contribution in [0.3, 0.4) is 0 Å². The minimum atomic E-state index is 0.310. The second-order valence-corrected chi connectivity index (χ2v) is 4.76. The van der Waals surface area contributed by atoms with Crippen molar-refractivity contribution in [2.75, 3.05) is 0 Å². The van der Waals surface area contributed by atoms with Crippen LogP contribution < -0.4 is 0 Å². The summed E-state index contributed by atoms with van der Waals surface area (Å²) in [6, 6.07) is 10.7. The maximum atomic E-state index is 6.40. The molecule has 76 valence electrons. The molecule has 2 unspecified atom stereocenters. The van der Waals surface area contributed by atoms with Crippen molar-refractivity contribution >= 4 is 11.6 Å². The highest BCUT2D eigenvalue weighted by molar-refractivity contribution is 6.21. The molecule has 1 aromatic carbocycles. The second kappa shape index (κ2) is 4.35. The van der Waals surface area contributed by atoms with E-state index in [4.69, 9.17) is 11.6 Å². The number of benzene rings is 1. The molecule has 0 heterocycles. The van der Waals surface area contributed by atoms with Gasteiger partial charge in [-0.1, -0.05) is 37.3 Å². The van der Waals surface area contributed by atoms with Gasteiger partial charge in [0.05, 0.1) is 0 Å². The maximum Gasteiger partial charge on any atom is 0.0404 e. The molecule has 1 aromatic rings. The topological polar surface area (TPSA) is 0 Å². The fourth-order valence-electron chi connectivity index (χ4n) is 2.16. The fraction of sp³-hybridized carbons (Fsp3) is 0.538. The molecule has 0 radical (unpaired) electrons. The van der Waals surface area contributed by atoms with Gasteiger partial charge >= 0.3 is 0 Å². The number of rotatable bonds is 4. The number of alkyl halides is 1. The lowest BCUT2D eigenvalue weighted by atomic mass is 9.90. The highest BCUT2D eigenvalue weighted by Crippen LogP contribution is 2.46. The first-order chi connectivity index (χ1) is 6.83. The molecule has 0 saturated heterocycles. The van der Waals surface area contributed by atoms with Crippen LogP contribution in [0, 0.1) is 5.92 Å². The molecule has 0 aliphatic heterocycles. The Kier molecular flexibility index (Phi) is 3.12. The molecule has 0 spiro atoms. The van der Waals surface area contributed by atoms with Gasteiger partial charge in [-0.25, -0.2) is 0 Å². The Morgan fingerprint density at radius 1 is 1.29 bits per heavy atom. The zero-order valence-corrected chi connectivity index (χ0v) is 9.37. The Balaban J connectivity index is 2.18. The maximum absolute atomic E-state index is 6.40. The predicted molar refractivity (Wildman–Crippen MR) is 61.8 cm³/mol. The van der Waals surface area contributed by atoms with Crippen molar-refractivity contribution in [1.29, 1.82) is 0 Å². The number of halogens is 1. The lowest BCUT2D eigenvalue weighted by Crippen LogP contribution is -2.14. The van der Waals surface area contributed by atoms with Gasteiger partial charge in [-0.3, -0.25) is 0 Å². The van der Waals surface area contributed by atoms with Crippen LogP contribution in [0.25, 0.3) is 0 Å². The first-order valence-corrected chi connectivity index (χ1v) is 5.95. The van der Waals surface area contributed by atoms with Gasteiger partial charge in [0.15, 0.2) is 0 Å². The predicted octanol–water partition coefficient (Wildman–Crippen LogP) is 4.20. The zero-order chi connectivity index (χ0) is 9.97. The van der Waals surface area contributed by atoms with Gasteiger partial charge in [-0.05, 0) is 30.7 Å². The normalized spacial score (nSPS) is 20.4. The van der Waals surface area contributed by atoms with E-state index in [2.05, 4.69) is 37.3 Å². The van der Waals surface area contributed by atoms with Crippen molar-refractivity contribution in [2.24, 2.45) is 5.92 Å². The minimum Gasteiger partial charge on any atom is -0.122 e. The summed E-state index contributed by atoms with van der Waals surface area (Å²) in [6.45, 7) is 2.18. The van der Waals surface area contributed by atoms with Gasteiger partial charge in [0.2, 0.25) is 0 Å². The van der Waals surface area contributed by atoms with Gasteiger partial charge in [0.1, 0.15) is 0 Å². The molecule has 1 fully saturated rings. The molecule has 1 aliphatic carbocycles. The molecule has 14 heavy (non-hydrogen) atoms. The van der Waals surface area contributed by atoms with Crippen LogP contribution in [0.2, 0.25) is 0 Å². The molecule has 1 saturated carbocycles. The fourth-order valence-corrected chi connectivity index (χ4v) is 2.51. The van der Waals surface area contributed by atoms with E-state index in [0.717, 1.165) is 12.3 Å². The zero-order valence-electron chi connectivity index (χ0n) is 8.62. The van der Waals surface area contributed by atoms with Crippen molar-refractivity contribution in [3.8, 4) is 0 Å². The minimum absolute atomic E-state index is 0.310. The Hall–Kier alpha value is -0.490. The van der Waals surface area contributed by atoms with Gasteiger partial charge in [-0.2, -0.15) is 0 Å². The van der Waals surface area contributed by atoms with E-state index < -0.39 is 0 Å². The van der Waals surface area contributed by atoms with Crippen molar-refractivity contribution < 1.29 is 0 Å². The third-order valence-electron chi connectivity index (χ3n) is 3.09. The number of hydrogen-bond donors (Lipinski definition) is 0. The molecule has 1 aliphatic rings. The van der Waals surface area contributed by atoms with Gasteiger partial charge in [0, 0.05) is 11.3 Å². The largest absolute Gasteiger partial charge is 0.122 e. The Morgan fingerprint density at radius 2 is 1.93 bits per heavy atom. The summed E-state index contributed by atoms with van der Waals surface area (Å²) in [4.78, 5) is 0. The highest BCUT2D eigenvalue weighted by atomic mass is 35.5. The van der Waals surface area contributed by atoms with E-state index in [1.165, 1.54) is 18.4 Å². The summed E-state index contributed by atoms with van der Waals surface area (Å²) in [5.41, 5.74) is 1.43. The lowest BCUT2D eigenvalue weighted by molar-refractivity contribution is 0.558. The van der Waals surface area contributed by atoms with Crippen LogP contribution in [-0.4, -0.2) is 5.38 Å². The Labute approximate surface area is 91.3 Å². The van der Waals surface area contributed by atoms with Crippen LogP contribution in [0.15, 0.2) is 30.3 Å². The second-order valence-electron chi connectivity index (χ2n) is 4.20. The van der Waals surface area contributed by atoms with Gasteiger partial charge < -0.3 is 0 Å². The van der Waals surface area contributed by atoms with E-state index in [1.807, 2.05) is 0 Å². The van der Waals surface area contributed by atoms with Crippen LogP contribution >= 0.6 is 11.6 Å². The molecule has 0 amide bonds. The van der Waals surface area contributed by atoms with Gasteiger partial charge in [-0.15, -0.1) is 11.6 Å². The first-order valence-electron chi connectivity index (χ1n) is 5.52. The average molecular weight is 209 g/mol. The summed E-state index contributed by atoms with van der Waals surface area (Å²) in [5.74, 6) is 1.43. The van der Waals surface area contributed by atoms with Crippen molar-refractivity contribution in [1.82, 2.24) is 0 Å². The van der Waals surface area contributed by atoms with Crippen molar-refractivity contribution in [3.63, 3.8) is 0 Å². The Morgan fingerprint density at radius 3 is 2.43 bits per heavy atom. The summed E-state index contributed by atoms with van der Waals surface area (Å²) in [7, 11) is 0. The molecule has 0 N–H and O–H groups in total. The summed E-state index contributed by atoms with van der Waals surface area (Å²) in [6.07, 6.45) is 3.79. The Bertz CT molecular complexity index is 277. The quantitative estimate of drug-likeness (QED) is 0.651. The smallest absolute Gasteiger partial charge is 0.0404 e. The summed E-state index contributed by atoms with van der Waals surface area (Å²) >= 11 is 6.40. The van der Waals surface area contributed by atoms with Crippen molar-refractivity contribution in [3.05, 3.63) is 35.9 Å². The van der Waals surface area contributed by atoms with Crippen molar-refractivity contribution in [2.45, 2.75) is 37.5 Å². The van der Waals surface area contributed by atoms with Crippen LogP contribution in [0.5, 0.6) is 0 Å². The van der Waals surface area contributed by atoms with Crippen LogP contribution in [0.1, 0.15) is 37.7 Å². The summed E-state index contributed by atoms with van der Waals surface area (Å²) < 4.78 is 0. The van der Waals surface area contributed by atoms with Gasteiger partial charge in [0.25, 0.3) is 0 Å². The lowest BCUT2D eigenvalue weighted by Gasteiger charge is -2.21. The van der Waals surface area contributed by atoms with Crippen LogP contribution in [0.4, 0.5) is 0 Å². The monoisotopic (exact) mass is 208 g/mol. The van der Waals surface area contributed by atoms with E-state index >= 15 is 0 Å². The van der Waals surface area contributed by atoms with E-state index in [-0.39, 0.29) is 0 Å². The number of hydrogen-bond acceptors (Lipinski definition) is 0. The molecular formula is C13H17Cl. The molecule has 2 rings (SSSR count). The highest BCUT2D eigenvalue weighted by Gasteiger charge is 2.35. The molecule has 2 atom stereocenters. The summed E-state index contributed by atoms with van der Waals surface area (Å²) in [5, 5.41) is 0.310. The SMILES string of the molecule is CCC(Cl)C(c1ccccc1)C1CC1. The standard InChI is InChI=1S/C13H17Cl/c1-2-12(14)13(11-8-9-11)10-6-4-3-5-7-10/h3-7,11-13H,2,8-9H2,1H3. The van der Waals surface area contributed by atoms with E-state index in [9.17, 15) is 0 Å². The molecule has 1 heteroatoms. The third-order valence-corrected chi connectivity index (χ3v) is 3.67. The van der Waals surface area contributed by atoms with E-state index in [1.54, 1.807) is 0 Å². The molecule has 0 aromatic heterocycles. The van der Waals surface area contributed by atoms with Crippen LogP contribution in [-0.2, 0) is 0 Å². The molecule has 0 nitrogen and oxygen atoms in total. The average Bonchev–Trinajstić information content (AvgIpc) is 3.04. The first kappa shape index (κ1) is 10.0. The molecular weight excluding hydrogens is 192 g/mol. The molecule has 0 bridgehead atoms. The third kappa shape index (κ3) is 2.12. The van der Waals surface area contributed by atoms with E-state index in [0.29, 0.717) is 11.3 Å².